The molecule has 0 amide bonds. The second kappa shape index (κ2) is 7.03. The van der Waals surface area contributed by atoms with Crippen molar-refractivity contribution in [2.24, 2.45) is 0 Å². The summed E-state index contributed by atoms with van der Waals surface area (Å²) in [5.41, 5.74) is 1.01. The monoisotopic (exact) mass is 309 g/mol. The van der Waals surface area contributed by atoms with Gasteiger partial charge in [-0.1, -0.05) is 12.1 Å². The minimum absolute atomic E-state index is 0.338. The maximum absolute atomic E-state index is 12.4. The number of rotatable bonds is 7. The van der Waals surface area contributed by atoms with Gasteiger partial charge in [0.1, 0.15) is 0 Å². The van der Waals surface area contributed by atoms with Crippen LogP contribution in [0.1, 0.15) is 19.4 Å². The van der Waals surface area contributed by atoms with Gasteiger partial charge in [0.25, 0.3) is 0 Å². The van der Waals surface area contributed by atoms with Gasteiger partial charge in [0.05, 0.1) is 19.4 Å². The van der Waals surface area contributed by atoms with Gasteiger partial charge in [-0.2, -0.15) is 4.73 Å². The summed E-state index contributed by atoms with van der Waals surface area (Å²) in [6.07, 6.45) is 3.93. The number of aryl methyl sites for hydroxylation is 1. The fraction of sp³-hybridized carbons (Fsp3) is 0.400. The van der Waals surface area contributed by atoms with E-state index in [1.165, 1.54) is 12.4 Å². The Labute approximate surface area is 124 Å². The van der Waals surface area contributed by atoms with Gasteiger partial charge in [0.2, 0.25) is 0 Å². The van der Waals surface area contributed by atoms with E-state index in [2.05, 4.69) is 0 Å². The zero-order chi connectivity index (χ0) is 15.3. The molecular weight excluding hydrogens is 289 g/mol. The first kappa shape index (κ1) is 16.0. The zero-order valence-electron chi connectivity index (χ0n) is 12.3. The van der Waals surface area contributed by atoms with E-state index in [0.29, 0.717) is 25.8 Å². The Balaban J connectivity index is 2.13. The molecule has 1 aromatic heterocycles. The average Bonchev–Trinajstić information content (AvgIpc) is 2.45. The van der Waals surface area contributed by atoms with Gasteiger partial charge in [-0.25, -0.2) is 0 Å². The Morgan fingerprint density at radius 2 is 1.86 bits per heavy atom. The highest BCUT2D eigenvalue weighted by Gasteiger charge is 2.22. The van der Waals surface area contributed by atoms with E-state index in [9.17, 15) is 9.77 Å². The molecule has 0 fully saturated rings. The van der Waals surface area contributed by atoms with Crippen LogP contribution in [0.15, 0.2) is 36.7 Å². The van der Waals surface area contributed by atoms with E-state index < -0.39 is 7.60 Å². The maximum Gasteiger partial charge on any atom is 0.330 e. The molecule has 2 rings (SSSR count). The van der Waals surface area contributed by atoms with E-state index in [0.717, 1.165) is 21.1 Å². The van der Waals surface area contributed by atoms with Gasteiger partial charge >= 0.3 is 7.60 Å². The lowest BCUT2D eigenvalue weighted by atomic mass is 10.1. The predicted octanol–water partition coefficient (Wildman–Crippen LogP) is 3.28. The molecule has 0 spiro atoms. The van der Waals surface area contributed by atoms with Crippen molar-refractivity contribution in [1.82, 2.24) is 0 Å². The van der Waals surface area contributed by atoms with Crippen LogP contribution < -0.4 is 4.73 Å². The molecule has 5 nitrogen and oxygen atoms in total. The van der Waals surface area contributed by atoms with E-state index in [1.807, 2.05) is 18.2 Å². The van der Waals surface area contributed by atoms with Crippen molar-refractivity contribution in [3.63, 3.8) is 0 Å². The van der Waals surface area contributed by atoms with Gasteiger partial charge < -0.3 is 14.3 Å². The van der Waals surface area contributed by atoms with Crippen LogP contribution in [0.5, 0.6) is 0 Å². The molecule has 0 bridgehead atoms. The third-order valence-electron chi connectivity index (χ3n) is 3.14. The lowest BCUT2D eigenvalue weighted by Crippen LogP contribution is -2.23. The molecule has 6 heteroatoms. The third kappa shape index (κ3) is 4.27. The van der Waals surface area contributed by atoms with Gasteiger partial charge in [0.15, 0.2) is 12.4 Å². The SMILES string of the molecule is CCOP(=O)(CCc1ccc2cc[n+]([O-])cc2c1)OCC. The summed E-state index contributed by atoms with van der Waals surface area (Å²) >= 11 is 0. The highest BCUT2D eigenvalue weighted by atomic mass is 31.2. The molecule has 21 heavy (non-hydrogen) atoms. The molecule has 0 aliphatic heterocycles. The molecule has 0 unspecified atom stereocenters. The number of aromatic nitrogens is 1. The lowest BCUT2D eigenvalue weighted by Gasteiger charge is -2.16. The zero-order valence-corrected chi connectivity index (χ0v) is 13.2. The molecule has 0 atom stereocenters. The molecule has 2 aromatic rings. The Morgan fingerprint density at radius 3 is 2.52 bits per heavy atom. The first-order chi connectivity index (χ1) is 10.1. The summed E-state index contributed by atoms with van der Waals surface area (Å²) in [4.78, 5) is 0. The Kier molecular flexibility index (Phi) is 5.34. The van der Waals surface area contributed by atoms with Gasteiger partial charge in [-0.05, 0) is 37.3 Å². The average molecular weight is 309 g/mol. The van der Waals surface area contributed by atoms with Gasteiger partial charge in [0, 0.05) is 11.5 Å². The first-order valence-electron chi connectivity index (χ1n) is 7.06. The van der Waals surface area contributed by atoms with E-state index >= 15 is 0 Å². The number of nitrogens with zero attached hydrogens (tertiary/aromatic N) is 1. The van der Waals surface area contributed by atoms with E-state index in [4.69, 9.17) is 9.05 Å². The Bertz CT molecular complexity index is 649. The lowest BCUT2D eigenvalue weighted by molar-refractivity contribution is -0.603. The smallest absolute Gasteiger partial charge is 0.330 e. The van der Waals surface area contributed by atoms with Gasteiger partial charge in [-0.15, -0.1) is 0 Å². The molecule has 114 valence electrons. The van der Waals surface area contributed by atoms with Crippen LogP contribution in [-0.4, -0.2) is 19.4 Å². The van der Waals surface area contributed by atoms with Crippen LogP contribution in [-0.2, 0) is 20.0 Å². The summed E-state index contributed by atoms with van der Waals surface area (Å²) in [6, 6.07) is 7.64. The van der Waals surface area contributed by atoms with Crippen molar-refractivity contribution < 1.29 is 18.3 Å². The second-order valence-corrected chi connectivity index (χ2v) is 6.87. The Morgan fingerprint density at radius 1 is 1.14 bits per heavy atom. The van der Waals surface area contributed by atoms with Crippen LogP contribution in [0, 0.1) is 5.21 Å². The second-order valence-electron chi connectivity index (χ2n) is 4.69. The topological polar surface area (TPSA) is 62.5 Å². The molecule has 0 N–H and O–H groups in total. The normalized spacial score (nSPS) is 11.9. The standard InChI is InChI=1S/C15H20NO4P/c1-3-19-21(18,20-4-2)10-8-13-5-6-14-7-9-16(17)12-15(14)11-13/h5-7,9,11-12H,3-4,8,10H2,1-2H3. The van der Waals surface area contributed by atoms with Crippen molar-refractivity contribution in [3.8, 4) is 0 Å². The number of hydrogen-bond donors (Lipinski definition) is 0. The molecule has 0 saturated heterocycles. The molecular formula is C15H20NO4P. The van der Waals surface area contributed by atoms with Crippen LogP contribution in [0.4, 0.5) is 0 Å². The molecule has 1 aromatic carbocycles. The van der Waals surface area contributed by atoms with E-state index in [-0.39, 0.29) is 0 Å². The summed E-state index contributed by atoms with van der Waals surface area (Å²) in [5.74, 6) is 0. The van der Waals surface area contributed by atoms with Crippen molar-refractivity contribution >= 4 is 18.4 Å². The molecule has 1 heterocycles. The highest BCUT2D eigenvalue weighted by Crippen LogP contribution is 2.48. The summed E-state index contributed by atoms with van der Waals surface area (Å²) in [7, 11) is -3.02. The predicted molar refractivity (Wildman–Crippen MR) is 82.3 cm³/mol. The van der Waals surface area contributed by atoms with Crippen molar-refractivity contribution in [2.45, 2.75) is 20.3 Å². The molecule has 0 aliphatic carbocycles. The number of benzene rings is 1. The fourth-order valence-electron chi connectivity index (χ4n) is 2.20. The van der Waals surface area contributed by atoms with E-state index in [1.54, 1.807) is 19.9 Å². The first-order valence-corrected chi connectivity index (χ1v) is 8.78. The summed E-state index contributed by atoms with van der Waals surface area (Å²) < 4.78 is 23.7. The fourth-order valence-corrected chi connectivity index (χ4v) is 3.85. The minimum Gasteiger partial charge on any atom is -0.619 e. The molecule has 0 aliphatic rings. The largest absolute Gasteiger partial charge is 0.619 e. The number of fused-ring (bicyclic) bond motifs is 1. The van der Waals surface area contributed by atoms with Crippen LogP contribution in [0.25, 0.3) is 10.8 Å². The van der Waals surface area contributed by atoms with Crippen molar-refractivity contribution in [1.29, 1.82) is 0 Å². The van der Waals surface area contributed by atoms with Crippen molar-refractivity contribution in [3.05, 3.63) is 47.4 Å². The molecule has 0 radical (unpaired) electrons. The Hall–Kier alpha value is -1.42. The summed E-state index contributed by atoms with van der Waals surface area (Å²) in [5, 5.41) is 13.2. The quantitative estimate of drug-likeness (QED) is 0.447. The van der Waals surface area contributed by atoms with Crippen LogP contribution >= 0.6 is 7.60 Å². The maximum atomic E-state index is 12.4. The summed E-state index contributed by atoms with van der Waals surface area (Å²) in [6.45, 7) is 4.33. The molecule has 0 saturated carbocycles. The number of hydrogen-bond acceptors (Lipinski definition) is 4. The van der Waals surface area contributed by atoms with Crippen LogP contribution in [0.3, 0.4) is 0 Å². The van der Waals surface area contributed by atoms with Crippen LogP contribution in [0.2, 0.25) is 0 Å². The third-order valence-corrected chi connectivity index (χ3v) is 5.22. The highest BCUT2D eigenvalue weighted by molar-refractivity contribution is 7.53. The van der Waals surface area contributed by atoms with Gasteiger partial charge in [-0.3, -0.25) is 4.57 Å². The van der Waals surface area contributed by atoms with Crippen molar-refractivity contribution in [2.75, 3.05) is 19.4 Å². The minimum atomic E-state index is -3.02. The number of pyridine rings is 1.